The lowest BCUT2D eigenvalue weighted by Crippen LogP contribution is -2.64. The summed E-state index contributed by atoms with van der Waals surface area (Å²) in [5.74, 6) is -4.78. The Labute approximate surface area is 221 Å². The summed E-state index contributed by atoms with van der Waals surface area (Å²) in [5.41, 5.74) is -1.77. The van der Waals surface area contributed by atoms with Crippen LogP contribution >= 0.6 is 11.6 Å². The molecule has 3 aliphatic carbocycles. The Hall–Kier alpha value is -2.99. The van der Waals surface area contributed by atoms with Crippen LogP contribution in [0.15, 0.2) is 59.6 Å². The summed E-state index contributed by atoms with van der Waals surface area (Å²) in [6.07, 6.45) is 0.209. The lowest BCUT2D eigenvalue weighted by atomic mass is 9.51. The first-order chi connectivity index (χ1) is 17.9. The van der Waals surface area contributed by atoms with E-state index in [-0.39, 0.29) is 39.7 Å². The second-order valence-corrected chi connectivity index (χ2v) is 12.3. The molecule has 3 N–H and O–H groups in total. The van der Waals surface area contributed by atoms with Crippen LogP contribution in [0.3, 0.4) is 0 Å². The molecule has 1 aromatic heterocycles. The van der Waals surface area contributed by atoms with Gasteiger partial charge >= 0.3 is 0 Å². The summed E-state index contributed by atoms with van der Waals surface area (Å²) in [4.78, 5) is 16.4. The second kappa shape index (κ2) is 9.64. The van der Waals surface area contributed by atoms with Crippen LogP contribution in [0.5, 0.6) is 0 Å². The van der Waals surface area contributed by atoms with E-state index in [1.807, 2.05) is 0 Å². The van der Waals surface area contributed by atoms with Gasteiger partial charge in [-0.3, -0.25) is 9.78 Å². The van der Waals surface area contributed by atoms with Gasteiger partial charge in [0.1, 0.15) is 17.5 Å². The van der Waals surface area contributed by atoms with Crippen LogP contribution < -0.4 is 5.32 Å². The number of carbonyl (C=O) groups is 1. The molecule has 1 heterocycles. The normalized spacial score (nSPS) is 25.4. The van der Waals surface area contributed by atoms with Crippen molar-refractivity contribution in [1.82, 2.24) is 4.98 Å². The SMILES string of the molecule is O=C(Nc1ccc(F)c(F)c1)c1ccc(Cl)c(S(=O)(=O)C2CC3CC(C2)C3(O)C(O)c2cc(F)ccn2)c1. The molecule has 200 valence electrons. The average molecular weight is 567 g/mol. The number of anilines is 1. The van der Waals surface area contributed by atoms with Crippen LogP contribution in [-0.4, -0.2) is 40.4 Å². The first kappa shape index (κ1) is 26.6. The van der Waals surface area contributed by atoms with E-state index in [0.29, 0.717) is 6.42 Å². The number of amides is 1. The minimum Gasteiger partial charge on any atom is -0.386 e. The zero-order valence-corrected chi connectivity index (χ0v) is 21.2. The number of pyridine rings is 1. The van der Waals surface area contributed by atoms with Crippen molar-refractivity contribution in [3.05, 3.63) is 88.5 Å². The largest absolute Gasteiger partial charge is 0.386 e. The smallest absolute Gasteiger partial charge is 0.255 e. The highest BCUT2D eigenvalue weighted by Gasteiger charge is 2.63. The number of aromatic nitrogens is 1. The maximum atomic E-state index is 13.6. The van der Waals surface area contributed by atoms with Gasteiger partial charge in [0.15, 0.2) is 21.5 Å². The van der Waals surface area contributed by atoms with E-state index in [9.17, 15) is 36.6 Å². The number of nitrogens with zero attached hydrogens (tertiary/aromatic N) is 1. The number of benzene rings is 2. The molecule has 2 aromatic carbocycles. The van der Waals surface area contributed by atoms with Crippen molar-refractivity contribution in [2.24, 2.45) is 11.8 Å². The van der Waals surface area contributed by atoms with Crippen molar-refractivity contribution < 1.29 is 36.6 Å². The molecule has 0 spiro atoms. The number of aliphatic hydroxyl groups excluding tert-OH is 1. The predicted octanol–water partition coefficient (Wildman–Crippen LogP) is 4.44. The summed E-state index contributed by atoms with van der Waals surface area (Å²) in [6.45, 7) is 0. The van der Waals surface area contributed by atoms with Crippen LogP contribution in [0, 0.1) is 29.3 Å². The highest BCUT2D eigenvalue weighted by molar-refractivity contribution is 7.92. The number of sulfone groups is 1. The van der Waals surface area contributed by atoms with E-state index >= 15 is 0 Å². The van der Waals surface area contributed by atoms with Gasteiger partial charge in [-0.1, -0.05) is 11.6 Å². The summed E-state index contributed by atoms with van der Waals surface area (Å²) in [5, 5.41) is 23.4. The number of aliphatic hydroxyl groups is 2. The summed E-state index contributed by atoms with van der Waals surface area (Å²) in [6, 6.07) is 8.62. The van der Waals surface area contributed by atoms with Gasteiger partial charge in [-0.25, -0.2) is 21.6 Å². The van der Waals surface area contributed by atoms with Crippen molar-refractivity contribution in [2.45, 2.75) is 41.1 Å². The average Bonchev–Trinajstić information content (AvgIpc) is 2.90. The Morgan fingerprint density at radius 2 is 1.74 bits per heavy atom. The Bertz CT molecular complexity index is 1530. The minimum atomic E-state index is -4.07. The topological polar surface area (TPSA) is 117 Å². The monoisotopic (exact) mass is 566 g/mol. The summed E-state index contributed by atoms with van der Waals surface area (Å²) in [7, 11) is -4.07. The molecular formula is C26H22ClF3N2O5S. The Morgan fingerprint density at radius 3 is 2.39 bits per heavy atom. The zero-order valence-electron chi connectivity index (χ0n) is 19.6. The van der Waals surface area contributed by atoms with Gasteiger partial charge in [0.2, 0.25) is 0 Å². The van der Waals surface area contributed by atoms with Crippen molar-refractivity contribution in [3.63, 3.8) is 0 Å². The van der Waals surface area contributed by atoms with E-state index in [1.165, 1.54) is 18.3 Å². The maximum absolute atomic E-state index is 13.6. The van der Waals surface area contributed by atoms with E-state index < -0.39 is 62.0 Å². The third kappa shape index (κ3) is 4.47. The summed E-state index contributed by atoms with van der Waals surface area (Å²) >= 11 is 6.22. The van der Waals surface area contributed by atoms with Crippen LogP contribution in [-0.2, 0) is 9.84 Å². The fraction of sp³-hybridized carbons (Fsp3) is 0.308. The molecule has 3 fully saturated rings. The Morgan fingerprint density at radius 1 is 1.03 bits per heavy atom. The number of carbonyl (C=O) groups excluding carboxylic acids is 1. The van der Waals surface area contributed by atoms with Gasteiger partial charge in [-0.05, 0) is 73.6 Å². The number of fused-ring (bicyclic) bond motifs is 2. The molecule has 3 aliphatic rings. The zero-order chi connectivity index (χ0) is 27.4. The van der Waals surface area contributed by atoms with Crippen molar-refractivity contribution in [3.8, 4) is 0 Å². The molecule has 3 unspecified atom stereocenters. The standard InChI is InChI=1S/C26H22ClF3N2O5S/c27-19-3-1-13(25(34)32-17-2-4-20(29)21(30)12-17)7-23(19)38(36,37)18-9-14-8-15(10-18)26(14,35)24(33)22-11-16(28)5-6-31-22/h1-7,11-12,14-15,18,24,33,35H,8-10H2,(H,32,34). The molecule has 1 amide bonds. The fourth-order valence-corrected chi connectivity index (χ4v) is 7.92. The van der Waals surface area contributed by atoms with E-state index in [4.69, 9.17) is 11.6 Å². The number of halogens is 4. The lowest BCUT2D eigenvalue weighted by Gasteiger charge is -2.59. The molecule has 0 aliphatic heterocycles. The van der Waals surface area contributed by atoms with Crippen LogP contribution in [0.25, 0.3) is 0 Å². The molecular weight excluding hydrogens is 545 g/mol. The molecule has 12 heteroatoms. The van der Waals surface area contributed by atoms with Crippen molar-refractivity contribution in [1.29, 1.82) is 0 Å². The molecule has 0 saturated heterocycles. The Kier molecular flexibility index (Phi) is 6.75. The fourth-order valence-electron chi connectivity index (χ4n) is 5.52. The summed E-state index contributed by atoms with van der Waals surface area (Å²) < 4.78 is 67.4. The molecule has 7 nitrogen and oxygen atoms in total. The Balaban J connectivity index is 1.36. The van der Waals surface area contributed by atoms with Crippen molar-refractivity contribution >= 4 is 33.0 Å². The molecule has 3 atom stereocenters. The first-order valence-electron chi connectivity index (χ1n) is 11.7. The maximum Gasteiger partial charge on any atom is 0.255 e. The van der Waals surface area contributed by atoms with Gasteiger partial charge in [0.25, 0.3) is 5.91 Å². The second-order valence-electron chi connectivity index (χ2n) is 9.68. The van der Waals surface area contributed by atoms with Crippen LogP contribution in [0.1, 0.15) is 41.4 Å². The minimum absolute atomic E-state index is 0.0172. The quantitative estimate of drug-likeness (QED) is 0.406. The highest BCUT2D eigenvalue weighted by atomic mass is 35.5. The third-order valence-corrected chi connectivity index (χ3v) is 10.2. The molecule has 38 heavy (non-hydrogen) atoms. The lowest BCUT2D eigenvalue weighted by molar-refractivity contribution is -0.234. The number of hydrogen-bond acceptors (Lipinski definition) is 6. The molecule has 3 aromatic rings. The number of rotatable bonds is 6. The van der Waals surface area contributed by atoms with Gasteiger partial charge in [0, 0.05) is 23.5 Å². The predicted molar refractivity (Wildman–Crippen MR) is 132 cm³/mol. The number of nitrogens with one attached hydrogen (secondary N) is 1. The highest BCUT2D eigenvalue weighted by Crippen LogP contribution is 2.60. The number of hydrogen-bond donors (Lipinski definition) is 3. The van der Waals surface area contributed by atoms with E-state index in [0.717, 1.165) is 36.4 Å². The van der Waals surface area contributed by atoms with Gasteiger partial charge < -0.3 is 15.5 Å². The van der Waals surface area contributed by atoms with Crippen LogP contribution in [0.4, 0.5) is 18.9 Å². The van der Waals surface area contributed by atoms with Gasteiger partial charge in [-0.15, -0.1) is 0 Å². The molecule has 3 saturated carbocycles. The van der Waals surface area contributed by atoms with Gasteiger partial charge in [-0.2, -0.15) is 0 Å². The van der Waals surface area contributed by atoms with E-state index in [2.05, 4.69) is 10.3 Å². The van der Waals surface area contributed by atoms with Crippen LogP contribution in [0.2, 0.25) is 5.02 Å². The van der Waals surface area contributed by atoms with Gasteiger partial charge in [0.05, 0.1) is 20.9 Å². The molecule has 6 rings (SSSR count). The third-order valence-electron chi connectivity index (χ3n) is 7.55. The van der Waals surface area contributed by atoms with E-state index in [1.54, 1.807) is 0 Å². The first-order valence-corrected chi connectivity index (χ1v) is 13.7. The molecule has 2 bridgehead atoms. The molecule has 0 radical (unpaired) electrons. The van der Waals surface area contributed by atoms with Crippen molar-refractivity contribution in [2.75, 3.05) is 5.32 Å².